The summed E-state index contributed by atoms with van der Waals surface area (Å²) < 4.78 is 5.65. The third kappa shape index (κ3) is 4.96. The maximum Gasteiger partial charge on any atom is 0.191 e. The Hall–Kier alpha value is -1.71. The third-order valence-corrected chi connectivity index (χ3v) is 3.89. The Morgan fingerprint density at radius 3 is 2.71 bits per heavy atom. The van der Waals surface area contributed by atoms with Crippen molar-refractivity contribution in [3.8, 4) is 5.75 Å². The molecule has 0 heterocycles. The second-order valence-corrected chi connectivity index (χ2v) is 5.45. The summed E-state index contributed by atoms with van der Waals surface area (Å²) in [5, 5.41) is 6.92. The van der Waals surface area contributed by atoms with E-state index in [0.29, 0.717) is 12.6 Å². The molecular weight excluding hydrogens is 262 g/mol. The minimum Gasteiger partial charge on any atom is -0.494 e. The minimum atomic E-state index is 0.562. The van der Waals surface area contributed by atoms with E-state index in [9.17, 15) is 0 Å². The zero-order chi connectivity index (χ0) is 14.9. The summed E-state index contributed by atoms with van der Waals surface area (Å²) in [5.41, 5.74) is 1.16. The van der Waals surface area contributed by atoms with E-state index >= 15 is 0 Å². The van der Waals surface area contributed by atoms with Gasteiger partial charge in [0.25, 0.3) is 0 Å². The van der Waals surface area contributed by atoms with Crippen LogP contribution in [-0.2, 0) is 6.54 Å². The Bertz CT molecular complexity index is 453. The quantitative estimate of drug-likeness (QED) is 0.647. The van der Waals surface area contributed by atoms with Crippen LogP contribution in [0, 0.1) is 0 Å². The van der Waals surface area contributed by atoms with Crippen LogP contribution >= 0.6 is 0 Å². The Kier molecular flexibility index (Phi) is 6.38. The molecule has 2 rings (SSSR count). The molecule has 1 aromatic carbocycles. The van der Waals surface area contributed by atoms with Gasteiger partial charge in [0, 0.05) is 25.2 Å². The SMILES string of the molecule is CCOc1ccccc1CNC(=NC)NC1CCCCC1. The van der Waals surface area contributed by atoms with Gasteiger partial charge in [0.1, 0.15) is 5.75 Å². The molecule has 1 aromatic rings. The van der Waals surface area contributed by atoms with Crippen LogP contribution in [0.15, 0.2) is 29.3 Å². The summed E-state index contributed by atoms with van der Waals surface area (Å²) in [7, 11) is 1.83. The van der Waals surface area contributed by atoms with Crippen molar-refractivity contribution in [3.05, 3.63) is 29.8 Å². The molecule has 0 atom stereocenters. The highest BCUT2D eigenvalue weighted by atomic mass is 16.5. The molecule has 21 heavy (non-hydrogen) atoms. The molecule has 1 aliphatic carbocycles. The lowest BCUT2D eigenvalue weighted by atomic mass is 9.96. The van der Waals surface area contributed by atoms with Gasteiger partial charge < -0.3 is 15.4 Å². The minimum absolute atomic E-state index is 0.562. The predicted octanol–water partition coefficient (Wildman–Crippen LogP) is 3.08. The first-order valence-electron chi connectivity index (χ1n) is 8.01. The Morgan fingerprint density at radius 1 is 1.24 bits per heavy atom. The molecule has 1 aliphatic rings. The van der Waals surface area contributed by atoms with E-state index in [0.717, 1.165) is 23.8 Å². The molecule has 0 bridgehead atoms. The molecule has 0 amide bonds. The fourth-order valence-corrected chi connectivity index (χ4v) is 2.76. The molecular formula is C17H27N3O. The molecule has 1 fully saturated rings. The molecule has 0 unspecified atom stereocenters. The van der Waals surface area contributed by atoms with Gasteiger partial charge in [-0.2, -0.15) is 0 Å². The standard InChI is InChI=1S/C17H27N3O/c1-3-21-16-12-8-7-9-14(16)13-19-17(18-2)20-15-10-5-4-6-11-15/h7-9,12,15H,3-6,10-11,13H2,1-2H3,(H2,18,19,20). The van der Waals surface area contributed by atoms with Gasteiger partial charge in [0.05, 0.1) is 6.61 Å². The summed E-state index contributed by atoms with van der Waals surface area (Å²) in [4.78, 5) is 4.33. The highest BCUT2D eigenvalue weighted by Crippen LogP contribution is 2.18. The van der Waals surface area contributed by atoms with E-state index in [1.165, 1.54) is 32.1 Å². The van der Waals surface area contributed by atoms with Gasteiger partial charge >= 0.3 is 0 Å². The third-order valence-electron chi connectivity index (χ3n) is 3.89. The van der Waals surface area contributed by atoms with Crippen LogP contribution < -0.4 is 15.4 Å². The lowest BCUT2D eigenvalue weighted by Crippen LogP contribution is -2.43. The van der Waals surface area contributed by atoms with Crippen molar-refractivity contribution >= 4 is 5.96 Å². The van der Waals surface area contributed by atoms with Crippen molar-refractivity contribution in [2.24, 2.45) is 4.99 Å². The molecule has 4 nitrogen and oxygen atoms in total. The Labute approximate surface area is 128 Å². The average Bonchev–Trinajstić information content (AvgIpc) is 2.54. The second-order valence-electron chi connectivity index (χ2n) is 5.45. The highest BCUT2D eigenvalue weighted by Gasteiger charge is 2.14. The van der Waals surface area contributed by atoms with Crippen LogP contribution in [0.3, 0.4) is 0 Å². The lowest BCUT2D eigenvalue weighted by Gasteiger charge is -2.25. The molecule has 116 valence electrons. The van der Waals surface area contributed by atoms with Crippen LogP contribution in [0.5, 0.6) is 5.75 Å². The molecule has 0 radical (unpaired) electrons. The predicted molar refractivity (Wildman–Crippen MR) is 87.8 cm³/mol. The van der Waals surface area contributed by atoms with Crippen molar-refractivity contribution in [1.82, 2.24) is 10.6 Å². The maximum atomic E-state index is 5.65. The van der Waals surface area contributed by atoms with Gasteiger partial charge in [0.15, 0.2) is 5.96 Å². The number of nitrogens with one attached hydrogen (secondary N) is 2. The molecule has 0 spiro atoms. The summed E-state index contributed by atoms with van der Waals surface area (Å²) in [6.07, 6.45) is 6.50. The van der Waals surface area contributed by atoms with Crippen LogP contribution in [0.25, 0.3) is 0 Å². The zero-order valence-electron chi connectivity index (χ0n) is 13.2. The topological polar surface area (TPSA) is 45.6 Å². The van der Waals surface area contributed by atoms with Crippen molar-refractivity contribution < 1.29 is 4.74 Å². The molecule has 4 heteroatoms. The van der Waals surface area contributed by atoms with Crippen LogP contribution in [0.1, 0.15) is 44.6 Å². The number of nitrogens with zero attached hydrogens (tertiary/aromatic N) is 1. The fraction of sp³-hybridized carbons (Fsp3) is 0.588. The van der Waals surface area contributed by atoms with E-state index < -0.39 is 0 Å². The molecule has 0 saturated heterocycles. The number of para-hydroxylation sites is 1. The maximum absolute atomic E-state index is 5.65. The van der Waals surface area contributed by atoms with Crippen LogP contribution in [-0.4, -0.2) is 25.7 Å². The second kappa shape index (κ2) is 8.55. The van der Waals surface area contributed by atoms with E-state index in [4.69, 9.17) is 4.74 Å². The number of rotatable bonds is 5. The van der Waals surface area contributed by atoms with Gasteiger partial charge in [-0.25, -0.2) is 0 Å². The summed E-state index contributed by atoms with van der Waals surface area (Å²) in [5.74, 6) is 1.83. The molecule has 2 N–H and O–H groups in total. The smallest absolute Gasteiger partial charge is 0.191 e. The molecule has 0 aliphatic heterocycles. The zero-order valence-corrected chi connectivity index (χ0v) is 13.2. The Morgan fingerprint density at radius 2 is 2.00 bits per heavy atom. The van der Waals surface area contributed by atoms with Gasteiger partial charge in [-0.05, 0) is 25.8 Å². The largest absolute Gasteiger partial charge is 0.494 e. The Balaban J connectivity index is 1.88. The van der Waals surface area contributed by atoms with Gasteiger partial charge in [-0.15, -0.1) is 0 Å². The van der Waals surface area contributed by atoms with E-state index in [1.54, 1.807) is 0 Å². The number of aliphatic imine (C=N–C) groups is 1. The van der Waals surface area contributed by atoms with Crippen LogP contribution in [0.2, 0.25) is 0 Å². The number of ether oxygens (including phenoxy) is 1. The molecule has 0 aromatic heterocycles. The monoisotopic (exact) mass is 289 g/mol. The molecule has 1 saturated carbocycles. The number of guanidine groups is 1. The first-order chi connectivity index (χ1) is 10.3. The summed E-state index contributed by atoms with van der Waals surface area (Å²) in [6.45, 7) is 3.42. The summed E-state index contributed by atoms with van der Waals surface area (Å²) >= 11 is 0. The van der Waals surface area contributed by atoms with Gasteiger partial charge in [-0.3, -0.25) is 4.99 Å². The van der Waals surface area contributed by atoms with E-state index in [-0.39, 0.29) is 0 Å². The van der Waals surface area contributed by atoms with Crippen molar-refractivity contribution in [2.45, 2.75) is 51.6 Å². The number of benzene rings is 1. The lowest BCUT2D eigenvalue weighted by molar-refractivity contribution is 0.336. The summed E-state index contributed by atoms with van der Waals surface area (Å²) in [6, 6.07) is 8.71. The van der Waals surface area contributed by atoms with Crippen molar-refractivity contribution in [2.75, 3.05) is 13.7 Å². The van der Waals surface area contributed by atoms with E-state index in [1.807, 2.05) is 32.2 Å². The first kappa shape index (κ1) is 15.7. The van der Waals surface area contributed by atoms with Crippen molar-refractivity contribution in [1.29, 1.82) is 0 Å². The van der Waals surface area contributed by atoms with Crippen LogP contribution in [0.4, 0.5) is 0 Å². The fourth-order valence-electron chi connectivity index (χ4n) is 2.76. The number of hydrogen-bond acceptors (Lipinski definition) is 2. The van der Waals surface area contributed by atoms with Gasteiger partial charge in [-0.1, -0.05) is 37.5 Å². The normalized spacial score (nSPS) is 16.6. The first-order valence-corrected chi connectivity index (χ1v) is 8.01. The average molecular weight is 289 g/mol. The number of hydrogen-bond donors (Lipinski definition) is 2. The van der Waals surface area contributed by atoms with E-state index in [2.05, 4.69) is 21.7 Å². The van der Waals surface area contributed by atoms with Gasteiger partial charge in [0.2, 0.25) is 0 Å². The highest BCUT2D eigenvalue weighted by molar-refractivity contribution is 5.80. The van der Waals surface area contributed by atoms with Crippen molar-refractivity contribution in [3.63, 3.8) is 0 Å².